The molecule has 2 N–H and O–H groups in total. The average molecular weight is 350 g/mol. The van der Waals surface area contributed by atoms with Gasteiger partial charge in [-0.3, -0.25) is 10.1 Å². The van der Waals surface area contributed by atoms with Gasteiger partial charge in [0.25, 0.3) is 5.91 Å². The van der Waals surface area contributed by atoms with Gasteiger partial charge in [0.2, 0.25) is 0 Å². The standard InChI is InChI=1S/C19H30N2O4/c1-15-5-3-6-17(13-15)25-14-18(22)21-10-7-16(8-11-21)19(23)20-9-4-12-24-2/h3,5-6,13,16,19-20,23H,4,7-12,14H2,1-2H3/t19-/m1/s1. The second kappa shape index (κ2) is 10.4. The predicted octanol–water partition coefficient (Wildman–Crippen LogP) is 1.56. The molecular formula is C19H30N2O4. The minimum atomic E-state index is -0.516. The predicted molar refractivity (Wildman–Crippen MR) is 96.5 cm³/mol. The number of rotatable bonds is 9. The number of aliphatic hydroxyl groups is 1. The van der Waals surface area contributed by atoms with Crippen molar-refractivity contribution in [3.8, 4) is 5.75 Å². The molecule has 1 heterocycles. The molecule has 0 unspecified atom stereocenters. The van der Waals surface area contributed by atoms with Crippen molar-refractivity contribution < 1.29 is 19.4 Å². The van der Waals surface area contributed by atoms with Crippen molar-refractivity contribution >= 4 is 5.91 Å². The molecule has 1 aliphatic heterocycles. The van der Waals surface area contributed by atoms with E-state index in [0.717, 1.165) is 37.1 Å². The highest BCUT2D eigenvalue weighted by Gasteiger charge is 2.27. The van der Waals surface area contributed by atoms with Crippen LogP contribution in [0.15, 0.2) is 24.3 Å². The number of ether oxygens (including phenoxy) is 2. The SMILES string of the molecule is COCCCN[C@H](O)C1CCN(C(=O)COc2cccc(C)c2)CC1. The van der Waals surface area contributed by atoms with Gasteiger partial charge in [0.15, 0.2) is 6.61 Å². The summed E-state index contributed by atoms with van der Waals surface area (Å²) in [5.74, 6) is 0.908. The van der Waals surface area contributed by atoms with Crippen LogP contribution in [-0.4, -0.2) is 62.1 Å². The summed E-state index contributed by atoms with van der Waals surface area (Å²) in [5.41, 5.74) is 1.11. The van der Waals surface area contributed by atoms with Crippen LogP contribution >= 0.6 is 0 Å². The first-order chi connectivity index (χ1) is 12.1. The molecule has 1 fully saturated rings. The number of nitrogens with zero attached hydrogens (tertiary/aromatic N) is 1. The highest BCUT2D eigenvalue weighted by molar-refractivity contribution is 5.77. The molecule has 0 bridgehead atoms. The molecule has 1 aromatic carbocycles. The summed E-state index contributed by atoms with van der Waals surface area (Å²) in [5, 5.41) is 13.3. The Balaban J connectivity index is 1.67. The minimum Gasteiger partial charge on any atom is -0.484 e. The third-order valence-electron chi connectivity index (χ3n) is 4.57. The molecule has 0 aliphatic carbocycles. The van der Waals surface area contributed by atoms with E-state index >= 15 is 0 Å². The highest BCUT2D eigenvalue weighted by atomic mass is 16.5. The Morgan fingerprint density at radius 2 is 2.16 bits per heavy atom. The lowest BCUT2D eigenvalue weighted by Gasteiger charge is -2.34. The Morgan fingerprint density at radius 1 is 1.40 bits per heavy atom. The number of nitrogens with one attached hydrogen (secondary N) is 1. The molecule has 2 rings (SSSR count). The average Bonchev–Trinajstić information content (AvgIpc) is 2.63. The molecule has 1 amide bonds. The Labute approximate surface area is 150 Å². The number of carbonyl (C=O) groups is 1. The van der Waals surface area contributed by atoms with Gasteiger partial charge in [-0.25, -0.2) is 0 Å². The maximum atomic E-state index is 12.3. The zero-order chi connectivity index (χ0) is 18.1. The lowest BCUT2D eigenvalue weighted by molar-refractivity contribution is -0.135. The topological polar surface area (TPSA) is 71.0 Å². The number of hydrogen-bond acceptors (Lipinski definition) is 5. The number of benzene rings is 1. The molecule has 0 radical (unpaired) electrons. The summed E-state index contributed by atoms with van der Waals surface area (Å²) < 4.78 is 10.6. The van der Waals surface area contributed by atoms with E-state index in [2.05, 4.69) is 5.32 Å². The van der Waals surface area contributed by atoms with Crippen LogP contribution in [0.2, 0.25) is 0 Å². The van der Waals surface area contributed by atoms with Gasteiger partial charge in [0, 0.05) is 32.7 Å². The van der Waals surface area contributed by atoms with Crippen LogP contribution in [0.3, 0.4) is 0 Å². The van der Waals surface area contributed by atoms with Crippen LogP contribution in [-0.2, 0) is 9.53 Å². The fourth-order valence-electron chi connectivity index (χ4n) is 3.04. The highest BCUT2D eigenvalue weighted by Crippen LogP contribution is 2.20. The van der Waals surface area contributed by atoms with Crippen molar-refractivity contribution in [1.29, 1.82) is 0 Å². The summed E-state index contributed by atoms with van der Waals surface area (Å²) in [6.45, 7) is 4.81. The Kier molecular flexibility index (Phi) is 8.18. The van der Waals surface area contributed by atoms with Gasteiger partial charge in [-0.1, -0.05) is 12.1 Å². The van der Waals surface area contributed by atoms with E-state index in [1.54, 1.807) is 7.11 Å². The smallest absolute Gasteiger partial charge is 0.260 e. The van der Waals surface area contributed by atoms with E-state index in [-0.39, 0.29) is 18.4 Å². The van der Waals surface area contributed by atoms with E-state index in [4.69, 9.17) is 9.47 Å². The minimum absolute atomic E-state index is 0.00231. The second-order valence-corrected chi connectivity index (χ2v) is 6.57. The number of piperidine rings is 1. The molecule has 6 heteroatoms. The number of likely N-dealkylation sites (tertiary alicyclic amines) is 1. The van der Waals surface area contributed by atoms with Gasteiger partial charge in [0.1, 0.15) is 12.0 Å². The molecule has 0 spiro atoms. The van der Waals surface area contributed by atoms with E-state index in [9.17, 15) is 9.90 Å². The Hall–Kier alpha value is -1.63. The summed E-state index contributed by atoms with van der Waals surface area (Å²) in [7, 11) is 1.67. The van der Waals surface area contributed by atoms with Gasteiger partial charge >= 0.3 is 0 Å². The number of amides is 1. The molecule has 0 aromatic heterocycles. The summed E-state index contributed by atoms with van der Waals surface area (Å²) in [6.07, 6.45) is 1.96. The van der Waals surface area contributed by atoms with Crippen molar-refractivity contribution in [3.05, 3.63) is 29.8 Å². The normalized spacial score (nSPS) is 16.7. The van der Waals surface area contributed by atoms with Gasteiger partial charge < -0.3 is 19.5 Å². The summed E-state index contributed by atoms with van der Waals surface area (Å²) in [4.78, 5) is 14.1. The molecule has 1 aromatic rings. The lowest BCUT2D eigenvalue weighted by Crippen LogP contribution is -2.46. The Morgan fingerprint density at radius 3 is 2.84 bits per heavy atom. The zero-order valence-corrected chi connectivity index (χ0v) is 15.2. The number of aryl methyl sites for hydroxylation is 1. The van der Waals surface area contributed by atoms with E-state index in [1.165, 1.54) is 0 Å². The van der Waals surface area contributed by atoms with Gasteiger partial charge in [-0.05, 0) is 50.4 Å². The van der Waals surface area contributed by atoms with Crippen LogP contribution in [0, 0.1) is 12.8 Å². The Bertz CT molecular complexity index is 530. The monoisotopic (exact) mass is 350 g/mol. The number of hydrogen-bond donors (Lipinski definition) is 2. The second-order valence-electron chi connectivity index (χ2n) is 6.57. The number of carbonyl (C=O) groups excluding carboxylic acids is 1. The molecule has 1 atom stereocenters. The van der Waals surface area contributed by atoms with Crippen molar-refractivity contribution in [1.82, 2.24) is 10.2 Å². The van der Waals surface area contributed by atoms with Crippen LogP contribution in [0.25, 0.3) is 0 Å². The first-order valence-corrected chi connectivity index (χ1v) is 8.98. The fourth-order valence-corrected chi connectivity index (χ4v) is 3.04. The van der Waals surface area contributed by atoms with Crippen LogP contribution in [0.1, 0.15) is 24.8 Å². The van der Waals surface area contributed by atoms with Gasteiger partial charge in [-0.15, -0.1) is 0 Å². The maximum absolute atomic E-state index is 12.3. The van der Waals surface area contributed by atoms with E-state index < -0.39 is 6.23 Å². The lowest BCUT2D eigenvalue weighted by atomic mass is 9.95. The fraction of sp³-hybridized carbons (Fsp3) is 0.632. The van der Waals surface area contributed by atoms with Gasteiger partial charge in [-0.2, -0.15) is 0 Å². The van der Waals surface area contributed by atoms with Gasteiger partial charge in [0.05, 0.1) is 0 Å². The van der Waals surface area contributed by atoms with Crippen LogP contribution in [0.4, 0.5) is 0 Å². The van der Waals surface area contributed by atoms with E-state index in [0.29, 0.717) is 19.7 Å². The molecule has 140 valence electrons. The summed E-state index contributed by atoms with van der Waals surface area (Å²) in [6, 6.07) is 7.69. The molecular weight excluding hydrogens is 320 g/mol. The number of aliphatic hydroxyl groups excluding tert-OH is 1. The van der Waals surface area contributed by atoms with Crippen molar-refractivity contribution in [2.24, 2.45) is 5.92 Å². The zero-order valence-electron chi connectivity index (χ0n) is 15.2. The van der Waals surface area contributed by atoms with Crippen molar-refractivity contribution in [2.45, 2.75) is 32.4 Å². The maximum Gasteiger partial charge on any atom is 0.260 e. The summed E-state index contributed by atoms with van der Waals surface area (Å²) >= 11 is 0. The van der Waals surface area contributed by atoms with E-state index in [1.807, 2.05) is 36.1 Å². The molecule has 1 saturated heterocycles. The molecule has 0 saturated carbocycles. The largest absolute Gasteiger partial charge is 0.484 e. The quantitative estimate of drug-likeness (QED) is 0.522. The third-order valence-corrected chi connectivity index (χ3v) is 4.57. The molecule has 25 heavy (non-hydrogen) atoms. The molecule has 1 aliphatic rings. The van der Waals surface area contributed by atoms with Crippen molar-refractivity contribution in [2.75, 3.05) is 40.0 Å². The first-order valence-electron chi connectivity index (χ1n) is 8.98. The first kappa shape index (κ1) is 19.7. The molecule has 6 nitrogen and oxygen atoms in total. The van der Waals surface area contributed by atoms with Crippen LogP contribution in [0.5, 0.6) is 5.75 Å². The van der Waals surface area contributed by atoms with Crippen LogP contribution < -0.4 is 10.1 Å². The number of methoxy groups -OCH3 is 1. The third kappa shape index (κ3) is 6.65. The van der Waals surface area contributed by atoms with Crippen molar-refractivity contribution in [3.63, 3.8) is 0 Å².